The van der Waals surface area contributed by atoms with Crippen molar-refractivity contribution in [2.24, 2.45) is 0 Å². The van der Waals surface area contributed by atoms with E-state index < -0.39 is 5.54 Å². The van der Waals surface area contributed by atoms with Crippen molar-refractivity contribution in [2.45, 2.75) is 57.7 Å². The molecule has 1 fully saturated rings. The lowest BCUT2D eigenvalue weighted by molar-refractivity contribution is 0.0674. The summed E-state index contributed by atoms with van der Waals surface area (Å²) in [5.74, 6) is 0. The number of hydrogen-bond acceptors (Lipinski definition) is 3. The van der Waals surface area contributed by atoms with E-state index in [2.05, 4.69) is 11.4 Å². The molecular weight excluding hydrogens is 176 g/mol. The first kappa shape index (κ1) is 11.5. The lowest BCUT2D eigenvalue weighted by atomic mass is 10.0. The van der Waals surface area contributed by atoms with Crippen molar-refractivity contribution >= 4 is 0 Å². The third kappa shape index (κ3) is 4.08. The predicted octanol–water partition coefficient (Wildman–Crippen LogP) is 1.84. The fourth-order valence-electron chi connectivity index (χ4n) is 1.34. The van der Waals surface area contributed by atoms with E-state index in [1.807, 2.05) is 20.8 Å². The van der Waals surface area contributed by atoms with Crippen molar-refractivity contribution in [3.63, 3.8) is 0 Å². The molecule has 0 aromatic carbocycles. The third-order valence-corrected chi connectivity index (χ3v) is 2.40. The average Bonchev–Trinajstić information content (AvgIpc) is 2.87. The van der Waals surface area contributed by atoms with Gasteiger partial charge in [0.25, 0.3) is 0 Å². The van der Waals surface area contributed by atoms with Gasteiger partial charge in [-0.2, -0.15) is 5.26 Å². The van der Waals surface area contributed by atoms with Crippen LogP contribution in [0.4, 0.5) is 0 Å². The second-order valence-electron chi connectivity index (χ2n) is 4.53. The van der Waals surface area contributed by atoms with Gasteiger partial charge in [0.15, 0.2) is 0 Å². The fraction of sp³-hybridized carbons (Fsp3) is 0.909. The number of ether oxygens (including phenoxy) is 1. The van der Waals surface area contributed by atoms with Crippen LogP contribution < -0.4 is 5.32 Å². The molecule has 1 rings (SSSR count). The predicted molar refractivity (Wildman–Crippen MR) is 55.9 cm³/mol. The average molecular weight is 196 g/mol. The molecular formula is C11H20N2O. The molecule has 0 amide bonds. The zero-order valence-electron chi connectivity index (χ0n) is 9.34. The topological polar surface area (TPSA) is 45.0 Å². The van der Waals surface area contributed by atoms with Crippen LogP contribution in [0.3, 0.4) is 0 Å². The standard InChI is InChI=1S/C11H20N2O/c1-9(2)14-7-6-11(3,8-12)13-10-4-5-10/h9-10,13H,4-7H2,1-3H3. The monoisotopic (exact) mass is 196 g/mol. The normalized spacial score (nSPS) is 20.5. The molecule has 0 aromatic heterocycles. The highest BCUT2D eigenvalue weighted by molar-refractivity contribution is 5.06. The molecule has 1 saturated carbocycles. The van der Waals surface area contributed by atoms with Gasteiger partial charge in [-0.05, 0) is 33.6 Å². The van der Waals surface area contributed by atoms with Crippen LogP contribution in [0.25, 0.3) is 0 Å². The molecule has 0 spiro atoms. The molecule has 1 aliphatic carbocycles. The lowest BCUT2D eigenvalue weighted by Crippen LogP contribution is -2.43. The number of nitriles is 1. The van der Waals surface area contributed by atoms with Gasteiger partial charge in [-0.25, -0.2) is 0 Å². The van der Waals surface area contributed by atoms with Crippen LogP contribution in [0.5, 0.6) is 0 Å². The van der Waals surface area contributed by atoms with Gasteiger partial charge in [0, 0.05) is 19.1 Å². The van der Waals surface area contributed by atoms with E-state index >= 15 is 0 Å². The summed E-state index contributed by atoms with van der Waals surface area (Å²) in [4.78, 5) is 0. The second-order valence-corrected chi connectivity index (χ2v) is 4.53. The van der Waals surface area contributed by atoms with Crippen molar-refractivity contribution in [3.8, 4) is 6.07 Å². The Balaban J connectivity index is 2.25. The molecule has 1 N–H and O–H groups in total. The summed E-state index contributed by atoms with van der Waals surface area (Å²) in [5, 5.41) is 12.4. The van der Waals surface area contributed by atoms with Gasteiger partial charge in [-0.1, -0.05) is 0 Å². The van der Waals surface area contributed by atoms with E-state index in [0.717, 1.165) is 6.42 Å². The molecule has 0 saturated heterocycles. The molecule has 0 aliphatic heterocycles. The van der Waals surface area contributed by atoms with Gasteiger partial charge in [-0.15, -0.1) is 0 Å². The van der Waals surface area contributed by atoms with Crippen molar-refractivity contribution < 1.29 is 4.74 Å². The Bertz CT molecular complexity index is 218. The number of rotatable bonds is 6. The van der Waals surface area contributed by atoms with E-state index in [-0.39, 0.29) is 6.10 Å². The summed E-state index contributed by atoms with van der Waals surface area (Å²) in [6.45, 7) is 6.63. The molecule has 1 atom stereocenters. The van der Waals surface area contributed by atoms with E-state index in [9.17, 15) is 0 Å². The van der Waals surface area contributed by atoms with Crippen LogP contribution in [0.2, 0.25) is 0 Å². The molecule has 3 nitrogen and oxygen atoms in total. The molecule has 0 bridgehead atoms. The Morgan fingerprint density at radius 2 is 2.21 bits per heavy atom. The third-order valence-electron chi connectivity index (χ3n) is 2.40. The lowest BCUT2D eigenvalue weighted by Gasteiger charge is -2.23. The number of nitrogens with one attached hydrogen (secondary N) is 1. The van der Waals surface area contributed by atoms with E-state index in [1.54, 1.807) is 0 Å². The maximum atomic E-state index is 9.06. The van der Waals surface area contributed by atoms with Crippen molar-refractivity contribution in [3.05, 3.63) is 0 Å². The smallest absolute Gasteiger partial charge is 0.106 e. The summed E-state index contributed by atoms with van der Waals surface area (Å²) in [6.07, 6.45) is 3.43. The molecule has 3 heteroatoms. The van der Waals surface area contributed by atoms with E-state index in [1.165, 1.54) is 12.8 Å². The highest BCUT2D eigenvalue weighted by Crippen LogP contribution is 2.23. The first-order valence-electron chi connectivity index (χ1n) is 5.36. The Morgan fingerprint density at radius 3 is 2.64 bits per heavy atom. The summed E-state index contributed by atoms with van der Waals surface area (Å²) in [5.41, 5.74) is -0.407. The fourth-order valence-corrected chi connectivity index (χ4v) is 1.34. The van der Waals surface area contributed by atoms with Crippen LogP contribution in [0, 0.1) is 11.3 Å². The van der Waals surface area contributed by atoms with E-state index in [4.69, 9.17) is 10.00 Å². The van der Waals surface area contributed by atoms with Gasteiger partial charge < -0.3 is 4.74 Å². The van der Waals surface area contributed by atoms with Crippen LogP contribution >= 0.6 is 0 Å². The maximum absolute atomic E-state index is 9.06. The van der Waals surface area contributed by atoms with Crippen LogP contribution in [0.15, 0.2) is 0 Å². The minimum absolute atomic E-state index is 0.249. The number of nitrogens with zero attached hydrogens (tertiary/aromatic N) is 1. The van der Waals surface area contributed by atoms with Gasteiger partial charge in [0.1, 0.15) is 5.54 Å². The van der Waals surface area contributed by atoms with Crippen LogP contribution in [-0.2, 0) is 4.74 Å². The Hall–Kier alpha value is -0.590. The molecule has 0 heterocycles. The molecule has 14 heavy (non-hydrogen) atoms. The number of hydrogen-bond donors (Lipinski definition) is 1. The highest BCUT2D eigenvalue weighted by atomic mass is 16.5. The summed E-state index contributed by atoms with van der Waals surface area (Å²) < 4.78 is 5.45. The van der Waals surface area contributed by atoms with Crippen molar-refractivity contribution in [1.82, 2.24) is 5.32 Å². The molecule has 1 unspecified atom stereocenters. The molecule has 0 radical (unpaired) electrons. The van der Waals surface area contributed by atoms with Gasteiger partial charge in [0.2, 0.25) is 0 Å². The summed E-state index contributed by atoms with van der Waals surface area (Å²) in [7, 11) is 0. The van der Waals surface area contributed by atoms with Gasteiger partial charge in [-0.3, -0.25) is 5.32 Å². The first-order chi connectivity index (χ1) is 6.56. The Morgan fingerprint density at radius 1 is 1.57 bits per heavy atom. The minimum atomic E-state index is -0.407. The SMILES string of the molecule is CC(C)OCCC(C)(C#N)NC1CC1. The zero-order valence-corrected chi connectivity index (χ0v) is 9.34. The quantitative estimate of drug-likeness (QED) is 0.705. The Kier molecular flexibility index (Phi) is 3.91. The first-order valence-corrected chi connectivity index (χ1v) is 5.36. The molecule has 0 aromatic rings. The molecule has 80 valence electrons. The largest absolute Gasteiger partial charge is 0.379 e. The van der Waals surface area contributed by atoms with Crippen LogP contribution in [0.1, 0.15) is 40.0 Å². The minimum Gasteiger partial charge on any atom is -0.379 e. The van der Waals surface area contributed by atoms with Crippen LogP contribution in [-0.4, -0.2) is 24.3 Å². The summed E-state index contributed by atoms with van der Waals surface area (Å²) in [6, 6.07) is 2.90. The second kappa shape index (κ2) is 4.77. The summed E-state index contributed by atoms with van der Waals surface area (Å²) >= 11 is 0. The van der Waals surface area contributed by atoms with Gasteiger partial charge >= 0.3 is 0 Å². The molecule has 1 aliphatic rings. The van der Waals surface area contributed by atoms with Crippen molar-refractivity contribution in [1.29, 1.82) is 5.26 Å². The van der Waals surface area contributed by atoms with E-state index in [0.29, 0.717) is 12.6 Å². The van der Waals surface area contributed by atoms with Gasteiger partial charge in [0.05, 0.1) is 12.2 Å². The maximum Gasteiger partial charge on any atom is 0.106 e. The highest BCUT2D eigenvalue weighted by Gasteiger charge is 2.32. The Labute approximate surface area is 86.4 Å². The zero-order chi connectivity index (χ0) is 10.6. The van der Waals surface area contributed by atoms with Crippen molar-refractivity contribution in [2.75, 3.05) is 6.61 Å².